The highest BCUT2D eigenvalue weighted by Gasteiger charge is 2.41. The van der Waals surface area contributed by atoms with Crippen molar-refractivity contribution in [3.63, 3.8) is 0 Å². The molecule has 0 aliphatic carbocycles. The molecule has 7 aromatic rings. The Balaban J connectivity index is 1.17. The summed E-state index contributed by atoms with van der Waals surface area (Å²) in [6, 6.07) is 45.6. The fraction of sp³-hybridized carbons (Fsp3) is 0.205. The highest BCUT2D eigenvalue weighted by molar-refractivity contribution is 5.81. The number of hydrogen-bond donors (Lipinski definition) is 0. The van der Waals surface area contributed by atoms with Gasteiger partial charge in [-0.05, 0) is 91.1 Å². The van der Waals surface area contributed by atoms with Crippen LogP contribution in [0.4, 0.5) is 4.39 Å². The van der Waals surface area contributed by atoms with Crippen molar-refractivity contribution < 1.29 is 13.2 Å². The quantitative estimate of drug-likeness (QED) is 0.135. The molecular formula is C44H40FN3O3. The van der Waals surface area contributed by atoms with Gasteiger partial charge in [0, 0.05) is 18.2 Å². The van der Waals surface area contributed by atoms with Gasteiger partial charge in [0.15, 0.2) is 5.58 Å². The molecule has 0 atom stereocenters. The smallest absolute Gasteiger partial charge is 0.421 e. The maximum Gasteiger partial charge on any atom is 0.421 e. The molecule has 256 valence electrons. The third kappa shape index (κ3) is 6.35. The van der Waals surface area contributed by atoms with Crippen molar-refractivity contribution in [3.8, 4) is 11.1 Å². The summed E-state index contributed by atoms with van der Waals surface area (Å²) in [6.07, 6.45) is 3.90. The molecule has 6 nitrogen and oxygen atoms in total. The fourth-order valence-corrected chi connectivity index (χ4v) is 7.75. The predicted molar refractivity (Wildman–Crippen MR) is 199 cm³/mol. The van der Waals surface area contributed by atoms with Crippen LogP contribution in [0.1, 0.15) is 40.9 Å². The molecule has 1 aliphatic heterocycles. The normalized spacial score (nSPS) is 14.4. The highest BCUT2D eigenvalue weighted by Crippen LogP contribution is 2.42. The third-order valence-corrected chi connectivity index (χ3v) is 10.3. The first-order valence-electron chi connectivity index (χ1n) is 17.6. The summed E-state index contributed by atoms with van der Waals surface area (Å²) < 4.78 is 27.8. The van der Waals surface area contributed by atoms with Crippen molar-refractivity contribution in [2.75, 3.05) is 20.1 Å². The van der Waals surface area contributed by atoms with Crippen LogP contribution in [-0.2, 0) is 18.6 Å². The Morgan fingerprint density at radius 2 is 1.31 bits per heavy atom. The Morgan fingerprint density at radius 1 is 0.725 bits per heavy atom. The topological polar surface area (TPSA) is 54.8 Å². The Hall–Kier alpha value is -5.50. The Bertz CT molecular complexity index is 2170. The molecule has 0 radical (unpaired) electrons. The zero-order valence-corrected chi connectivity index (χ0v) is 28.6. The van der Waals surface area contributed by atoms with E-state index in [1.54, 1.807) is 10.8 Å². The van der Waals surface area contributed by atoms with Crippen LogP contribution in [0.5, 0.6) is 0 Å². The summed E-state index contributed by atoms with van der Waals surface area (Å²) in [5.41, 5.74) is 5.93. The third-order valence-electron chi connectivity index (χ3n) is 10.3. The van der Waals surface area contributed by atoms with Gasteiger partial charge in [0.05, 0.1) is 18.3 Å². The number of halogens is 1. The fourth-order valence-electron chi connectivity index (χ4n) is 7.75. The molecule has 8 rings (SSSR count). The SMILES string of the molecule is CN1CCC(N(Cc2ccc(F)cc2)Cc2cc(-c3ccc4c(c3)oc(=O)n4C(c3ccccc3)(c3ccccc3)c3ccccc3)co2)CC1. The number of hydrogen-bond acceptors (Lipinski definition) is 5. The molecule has 3 heterocycles. The summed E-state index contributed by atoms with van der Waals surface area (Å²) in [5, 5.41) is 0. The van der Waals surface area contributed by atoms with Gasteiger partial charge in [-0.25, -0.2) is 9.18 Å². The summed E-state index contributed by atoms with van der Waals surface area (Å²) in [6.45, 7) is 3.42. The second kappa shape index (κ2) is 14.0. The molecule has 1 aliphatic rings. The molecule has 0 N–H and O–H groups in total. The van der Waals surface area contributed by atoms with Crippen LogP contribution in [0.15, 0.2) is 159 Å². The molecule has 1 fully saturated rings. The lowest BCUT2D eigenvalue weighted by Crippen LogP contribution is -2.43. The second-order valence-corrected chi connectivity index (χ2v) is 13.6. The lowest BCUT2D eigenvalue weighted by Gasteiger charge is -2.37. The molecule has 5 aromatic carbocycles. The molecule has 0 saturated carbocycles. The first-order chi connectivity index (χ1) is 25.0. The van der Waals surface area contributed by atoms with Gasteiger partial charge < -0.3 is 13.7 Å². The largest absolute Gasteiger partial charge is 0.467 e. The van der Waals surface area contributed by atoms with Crippen LogP contribution in [0.25, 0.3) is 22.2 Å². The van der Waals surface area contributed by atoms with Crippen LogP contribution in [0.3, 0.4) is 0 Å². The lowest BCUT2D eigenvalue weighted by atomic mass is 9.76. The van der Waals surface area contributed by atoms with Crippen molar-refractivity contribution >= 4 is 11.1 Å². The van der Waals surface area contributed by atoms with Crippen molar-refractivity contribution in [2.24, 2.45) is 0 Å². The number of oxazole rings is 1. The Labute approximate surface area is 297 Å². The number of fused-ring (bicyclic) bond motifs is 1. The van der Waals surface area contributed by atoms with Crippen molar-refractivity contribution in [1.82, 2.24) is 14.4 Å². The van der Waals surface area contributed by atoms with Gasteiger partial charge in [0.25, 0.3) is 0 Å². The van der Waals surface area contributed by atoms with Gasteiger partial charge >= 0.3 is 5.76 Å². The number of furan rings is 1. The summed E-state index contributed by atoms with van der Waals surface area (Å²) in [5.74, 6) is 0.178. The first-order valence-corrected chi connectivity index (χ1v) is 17.6. The van der Waals surface area contributed by atoms with E-state index in [0.29, 0.717) is 30.2 Å². The number of nitrogens with zero attached hydrogens (tertiary/aromatic N) is 3. The van der Waals surface area contributed by atoms with E-state index in [2.05, 4.69) is 59.3 Å². The van der Waals surface area contributed by atoms with Crippen LogP contribution < -0.4 is 5.76 Å². The Morgan fingerprint density at radius 3 is 1.90 bits per heavy atom. The molecule has 0 bridgehead atoms. The first kappa shape index (κ1) is 32.7. The van der Waals surface area contributed by atoms with Crippen LogP contribution in [0.2, 0.25) is 0 Å². The molecule has 2 aromatic heterocycles. The number of likely N-dealkylation sites (tertiary alicyclic amines) is 1. The van der Waals surface area contributed by atoms with Gasteiger partial charge in [-0.1, -0.05) is 109 Å². The molecule has 51 heavy (non-hydrogen) atoms. The van der Waals surface area contributed by atoms with Crippen molar-refractivity contribution in [3.05, 3.63) is 190 Å². The van der Waals surface area contributed by atoms with Gasteiger partial charge in [0.2, 0.25) is 0 Å². The zero-order valence-electron chi connectivity index (χ0n) is 28.6. The number of piperidine rings is 1. The summed E-state index contributed by atoms with van der Waals surface area (Å²) >= 11 is 0. The maximum absolute atomic E-state index is 14.2. The highest BCUT2D eigenvalue weighted by atomic mass is 19.1. The van der Waals surface area contributed by atoms with Crippen LogP contribution in [0, 0.1) is 5.82 Å². The van der Waals surface area contributed by atoms with E-state index in [0.717, 1.165) is 65.1 Å². The van der Waals surface area contributed by atoms with E-state index in [9.17, 15) is 9.18 Å². The van der Waals surface area contributed by atoms with Gasteiger partial charge in [-0.2, -0.15) is 0 Å². The molecule has 0 amide bonds. The number of rotatable bonds is 10. The average molecular weight is 678 g/mol. The number of benzene rings is 5. The summed E-state index contributed by atoms with van der Waals surface area (Å²) in [4.78, 5) is 19.0. The molecule has 7 heteroatoms. The number of aromatic nitrogens is 1. The minimum Gasteiger partial charge on any atom is -0.467 e. The zero-order chi connectivity index (χ0) is 34.8. The van der Waals surface area contributed by atoms with E-state index in [4.69, 9.17) is 8.83 Å². The molecular weight excluding hydrogens is 638 g/mol. The van der Waals surface area contributed by atoms with E-state index < -0.39 is 11.3 Å². The van der Waals surface area contributed by atoms with Gasteiger partial charge in [-0.3, -0.25) is 9.47 Å². The predicted octanol–water partition coefficient (Wildman–Crippen LogP) is 8.93. The van der Waals surface area contributed by atoms with Crippen LogP contribution in [-0.4, -0.2) is 40.5 Å². The van der Waals surface area contributed by atoms with E-state index in [1.807, 2.05) is 84.9 Å². The van der Waals surface area contributed by atoms with Crippen molar-refractivity contribution in [2.45, 2.75) is 37.5 Å². The summed E-state index contributed by atoms with van der Waals surface area (Å²) in [7, 11) is 2.16. The lowest BCUT2D eigenvalue weighted by molar-refractivity contribution is 0.101. The van der Waals surface area contributed by atoms with Crippen molar-refractivity contribution in [1.29, 1.82) is 0 Å². The van der Waals surface area contributed by atoms with Gasteiger partial charge in [-0.15, -0.1) is 0 Å². The monoisotopic (exact) mass is 677 g/mol. The maximum atomic E-state index is 14.2. The average Bonchev–Trinajstić information content (AvgIpc) is 3.78. The van der Waals surface area contributed by atoms with E-state index in [-0.39, 0.29) is 5.82 Å². The minimum atomic E-state index is -0.988. The minimum absolute atomic E-state index is 0.227. The standard InChI is InChI=1S/C44H40FN3O3/c1-46-25-23-39(24-26-46)47(29-32-17-20-38(45)21-18-32)30-40-27-34(31-50-40)33-19-22-41-42(28-33)51-43(49)48(41)44(35-11-5-2-6-12-35,36-13-7-3-8-14-36)37-15-9-4-10-16-37/h2-22,27-28,31,39H,23-26,29-30H2,1H3. The molecule has 0 spiro atoms. The van der Waals surface area contributed by atoms with Gasteiger partial charge in [0.1, 0.15) is 17.1 Å². The molecule has 1 saturated heterocycles. The Kier molecular flexibility index (Phi) is 8.99. The van der Waals surface area contributed by atoms with Crippen LogP contribution >= 0.6 is 0 Å². The second-order valence-electron chi connectivity index (χ2n) is 13.6. The van der Waals surface area contributed by atoms with E-state index in [1.165, 1.54) is 12.1 Å². The molecule has 0 unspecified atom stereocenters. The van der Waals surface area contributed by atoms with E-state index >= 15 is 0 Å².